The van der Waals surface area contributed by atoms with Crippen molar-refractivity contribution in [3.05, 3.63) is 29.8 Å². The maximum atomic E-state index is 10.3. The minimum absolute atomic E-state index is 0.328. The Labute approximate surface area is 104 Å². The third-order valence-corrected chi connectivity index (χ3v) is 2.59. The molecule has 0 spiro atoms. The van der Waals surface area contributed by atoms with E-state index in [1.807, 2.05) is 12.1 Å². The van der Waals surface area contributed by atoms with Crippen LogP contribution in [-0.2, 0) is 22.5 Å². The van der Waals surface area contributed by atoms with Gasteiger partial charge in [-0.25, -0.2) is 4.21 Å². The highest BCUT2D eigenvalue weighted by atomic mass is 32.2. The molecule has 0 amide bonds. The highest BCUT2D eigenvalue weighted by molar-refractivity contribution is 7.74. The molecule has 1 aromatic rings. The lowest BCUT2D eigenvalue weighted by Crippen LogP contribution is -2.01. The van der Waals surface area contributed by atoms with Gasteiger partial charge < -0.3 is 13.5 Å². The van der Waals surface area contributed by atoms with E-state index in [0.29, 0.717) is 12.4 Å². The molecular formula is C12H17O4S-. The van der Waals surface area contributed by atoms with Crippen LogP contribution < -0.4 is 4.18 Å². The highest BCUT2D eigenvalue weighted by Gasteiger charge is 1.96. The van der Waals surface area contributed by atoms with E-state index in [0.717, 1.165) is 31.4 Å². The minimum Gasteiger partial charge on any atom is -0.740 e. The fourth-order valence-electron chi connectivity index (χ4n) is 1.33. The smallest absolute Gasteiger partial charge is 0.139 e. The van der Waals surface area contributed by atoms with Crippen molar-refractivity contribution in [2.24, 2.45) is 0 Å². The zero-order valence-corrected chi connectivity index (χ0v) is 10.7. The Morgan fingerprint density at radius 2 is 1.94 bits per heavy atom. The van der Waals surface area contributed by atoms with Gasteiger partial charge in [-0.3, -0.25) is 0 Å². The van der Waals surface area contributed by atoms with Crippen molar-refractivity contribution in [3.8, 4) is 5.75 Å². The van der Waals surface area contributed by atoms with Gasteiger partial charge in [0.1, 0.15) is 17.1 Å². The average Bonchev–Trinajstić information content (AvgIpc) is 2.30. The molecular weight excluding hydrogens is 240 g/mol. The van der Waals surface area contributed by atoms with Crippen LogP contribution in [0.3, 0.4) is 0 Å². The van der Waals surface area contributed by atoms with Crippen LogP contribution in [0.25, 0.3) is 0 Å². The molecule has 0 aliphatic rings. The fourth-order valence-corrected chi connectivity index (χ4v) is 1.60. The highest BCUT2D eigenvalue weighted by Crippen LogP contribution is 2.13. The summed E-state index contributed by atoms with van der Waals surface area (Å²) in [5.41, 5.74) is 1.10. The second-order valence-corrected chi connectivity index (χ2v) is 4.22. The normalized spacial score (nSPS) is 12.4. The molecule has 17 heavy (non-hydrogen) atoms. The molecule has 0 heterocycles. The maximum absolute atomic E-state index is 10.3. The number of rotatable bonds is 8. The van der Waals surface area contributed by atoms with Crippen LogP contribution in [0.2, 0.25) is 0 Å². The summed E-state index contributed by atoms with van der Waals surface area (Å²) < 4.78 is 30.5. The summed E-state index contributed by atoms with van der Waals surface area (Å²) >= 11 is -2.51. The number of hydrogen-bond acceptors (Lipinski definition) is 4. The summed E-state index contributed by atoms with van der Waals surface area (Å²) in [6, 6.07) is 6.95. The molecule has 1 atom stereocenters. The van der Waals surface area contributed by atoms with Crippen LogP contribution in [0.5, 0.6) is 5.75 Å². The van der Waals surface area contributed by atoms with Crippen LogP contribution in [0.15, 0.2) is 24.3 Å². The van der Waals surface area contributed by atoms with E-state index in [-0.39, 0.29) is 0 Å². The lowest BCUT2D eigenvalue weighted by Gasteiger charge is -2.08. The van der Waals surface area contributed by atoms with Gasteiger partial charge in [-0.05, 0) is 30.5 Å². The van der Waals surface area contributed by atoms with Gasteiger partial charge in [-0.15, -0.1) is 0 Å². The number of ether oxygens (including phenoxy) is 1. The zero-order chi connectivity index (χ0) is 12.5. The van der Waals surface area contributed by atoms with Gasteiger partial charge >= 0.3 is 0 Å². The van der Waals surface area contributed by atoms with E-state index >= 15 is 0 Å². The first-order valence-electron chi connectivity index (χ1n) is 5.66. The molecule has 96 valence electrons. The number of benzene rings is 1. The van der Waals surface area contributed by atoms with E-state index in [9.17, 15) is 8.76 Å². The van der Waals surface area contributed by atoms with Crippen LogP contribution in [0, 0.1) is 0 Å². The van der Waals surface area contributed by atoms with Crippen molar-refractivity contribution >= 4 is 11.4 Å². The summed E-state index contributed by atoms with van der Waals surface area (Å²) in [7, 11) is 0. The topological polar surface area (TPSA) is 58.6 Å². The van der Waals surface area contributed by atoms with Gasteiger partial charge in [0.2, 0.25) is 0 Å². The van der Waals surface area contributed by atoms with Crippen molar-refractivity contribution in [2.45, 2.75) is 26.2 Å². The van der Waals surface area contributed by atoms with Crippen LogP contribution in [0.4, 0.5) is 0 Å². The second-order valence-electron chi connectivity index (χ2n) is 3.65. The SMILES string of the molecule is CCCCOCCc1ccc(OS(=O)[O-])cc1. The first-order chi connectivity index (χ1) is 8.22. The molecule has 0 fully saturated rings. The lowest BCUT2D eigenvalue weighted by molar-refractivity contribution is 0.134. The van der Waals surface area contributed by atoms with Crippen molar-refractivity contribution in [1.29, 1.82) is 0 Å². The van der Waals surface area contributed by atoms with Gasteiger partial charge in [0, 0.05) is 6.61 Å². The minimum atomic E-state index is -2.51. The van der Waals surface area contributed by atoms with E-state index in [1.165, 1.54) is 0 Å². The first kappa shape index (κ1) is 14.2. The molecule has 1 unspecified atom stereocenters. The van der Waals surface area contributed by atoms with Crippen LogP contribution >= 0.6 is 0 Å². The van der Waals surface area contributed by atoms with Crippen LogP contribution in [0.1, 0.15) is 25.3 Å². The molecule has 5 heteroatoms. The van der Waals surface area contributed by atoms with Crippen LogP contribution in [-0.4, -0.2) is 22.0 Å². The van der Waals surface area contributed by atoms with Crippen molar-refractivity contribution in [1.82, 2.24) is 0 Å². The molecule has 1 aromatic carbocycles. The molecule has 0 aliphatic heterocycles. The van der Waals surface area contributed by atoms with Crippen molar-refractivity contribution in [3.63, 3.8) is 0 Å². The Bertz CT molecular complexity index is 337. The standard InChI is InChI=1S/C12H18O4S/c1-2-3-9-15-10-8-11-4-6-12(7-5-11)16-17(13)14/h4-7H,2-3,8-10H2,1H3,(H,13,14)/p-1. The fraction of sp³-hybridized carbons (Fsp3) is 0.500. The third kappa shape index (κ3) is 6.41. The van der Waals surface area contributed by atoms with Gasteiger partial charge in [0.05, 0.1) is 6.61 Å². The molecule has 0 radical (unpaired) electrons. The molecule has 0 saturated heterocycles. The Morgan fingerprint density at radius 3 is 2.53 bits per heavy atom. The summed E-state index contributed by atoms with van der Waals surface area (Å²) in [5, 5.41) is 0. The van der Waals surface area contributed by atoms with Gasteiger partial charge in [-0.2, -0.15) is 0 Å². The predicted molar refractivity (Wildman–Crippen MR) is 65.4 cm³/mol. The van der Waals surface area contributed by atoms with E-state index in [4.69, 9.17) is 4.74 Å². The third-order valence-electron chi connectivity index (χ3n) is 2.26. The quantitative estimate of drug-likeness (QED) is 0.529. The van der Waals surface area contributed by atoms with Gasteiger partial charge in [0.15, 0.2) is 0 Å². The second kappa shape index (κ2) is 8.22. The Hall–Kier alpha value is -0.910. The van der Waals surface area contributed by atoms with E-state index in [1.54, 1.807) is 12.1 Å². The molecule has 0 bridgehead atoms. The predicted octanol–water partition coefficient (Wildman–Crippen LogP) is 2.22. The summed E-state index contributed by atoms with van der Waals surface area (Å²) in [6.45, 7) is 3.61. The number of unbranched alkanes of at least 4 members (excludes halogenated alkanes) is 1. The zero-order valence-electron chi connectivity index (χ0n) is 9.89. The molecule has 0 aliphatic carbocycles. The molecule has 4 nitrogen and oxygen atoms in total. The van der Waals surface area contributed by atoms with E-state index in [2.05, 4.69) is 11.1 Å². The summed E-state index contributed by atoms with van der Waals surface area (Å²) in [4.78, 5) is 0. The molecule has 0 aromatic heterocycles. The van der Waals surface area contributed by atoms with Crippen molar-refractivity contribution in [2.75, 3.05) is 13.2 Å². The molecule has 1 rings (SSSR count). The average molecular weight is 257 g/mol. The Balaban J connectivity index is 2.28. The van der Waals surface area contributed by atoms with E-state index < -0.39 is 11.4 Å². The monoisotopic (exact) mass is 257 g/mol. The number of hydrogen-bond donors (Lipinski definition) is 0. The summed E-state index contributed by atoms with van der Waals surface area (Å²) in [6.07, 6.45) is 3.05. The summed E-state index contributed by atoms with van der Waals surface area (Å²) in [5.74, 6) is 0.328. The lowest BCUT2D eigenvalue weighted by atomic mass is 10.1. The maximum Gasteiger partial charge on any atom is 0.139 e. The molecule has 0 N–H and O–H groups in total. The Kier molecular flexibility index (Phi) is 6.84. The van der Waals surface area contributed by atoms with Crippen molar-refractivity contribution < 1.29 is 17.7 Å². The largest absolute Gasteiger partial charge is 0.740 e. The first-order valence-corrected chi connectivity index (χ1v) is 6.66. The molecule has 0 saturated carbocycles. The van der Waals surface area contributed by atoms with Gasteiger partial charge in [-0.1, -0.05) is 25.5 Å². The van der Waals surface area contributed by atoms with Gasteiger partial charge in [0.25, 0.3) is 0 Å². The Morgan fingerprint density at radius 1 is 1.24 bits per heavy atom.